The molecule has 2 aromatic rings. The predicted octanol–water partition coefficient (Wildman–Crippen LogP) is 3.65. The molecule has 2 aromatic carbocycles. The maximum absolute atomic E-state index is 11.9. The highest BCUT2D eigenvalue weighted by Crippen LogP contribution is 2.34. The van der Waals surface area contributed by atoms with Gasteiger partial charge < -0.3 is 9.57 Å². The van der Waals surface area contributed by atoms with E-state index in [9.17, 15) is 4.79 Å². The van der Waals surface area contributed by atoms with Crippen LogP contribution in [0.25, 0.3) is 0 Å². The van der Waals surface area contributed by atoms with Gasteiger partial charge in [-0.3, -0.25) is 0 Å². The molecule has 0 N–H and O–H groups in total. The molecule has 3 rings (SSSR count). The van der Waals surface area contributed by atoms with Crippen LogP contribution in [0.1, 0.15) is 24.2 Å². The third-order valence-corrected chi connectivity index (χ3v) is 3.51. The van der Waals surface area contributed by atoms with Crippen molar-refractivity contribution >= 4 is 11.7 Å². The van der Waals surface area contributed by atoms with Crippen molar-refractivity contribution in [3.8, 4) is 0 Å². The number of benzene rings is 2. The third kappa shape index (κ3) is 3.31. The lowest BCUT2D eigenvalue weighted by Crippen LogP contribution is -2.11. The molecule has 0 radical (unpaired) electrons. The zero-order chi connectivity index (χ0) is 16.1. The molecular weight excluding hydrogens is 290 g/mol. The largest absolute Gasteiger partial charge is 0.463 e. The van der Waals surface area contributed by atoms with Crippen LogP contribution in [0.5, 0.6) is 0 Å². The fraction of sp³-hybridized carbons (Fsp3) is 0.158. The van der Waals surface area contributed by atoms with E-state index >= 15 is 0 Å². The van der Waals surface area contributed by atoms with Crippen molar-refractivity contribution < 1.29 is 14.4 Å². The number of hydrogen-bond acceptors (Lipinski definition) is 4. The number of hydrogen-bond donors (Lipinski definition) is 0. The van der Waals surface area contributed by atoms with Crippen molar-refractivity contribution in [2.75, 3.05) is 6.61 Å². The summed E-state index contributed by atoms with van der Waals surface area (Å²) in [6, 6.07) is 19.4. The highest BCUT2D eigenvalue weighted by Gasteiger charge is 2.31. The summed E-state index contributed by atoms with van der Waals surface area (Å²) < 4.78 is 5.05. The fourth-order valence-electron chi connectivity index (χ4n) is 2.48. The summed E-state index contributed by atoms with van der Waals surface area (Å²) in [6.45, 7) is 2.11. The minimum absolute atomic E-state index is 0.331. The lowest BCUT2D eigenvalue weighted by Gasteiger charge is -2.11. The first kappa shape index (κ1) is 15.0. The summed E-state index contributed by atoms with van der Waals surface area (Å²) in [5.74, 6) is -0.391. The van der Waals surface area contributed by atoms with Gasteiger partial charge in [-0.05, 0) is 12.5 Å². The molecule has 4 nitrogen and oxygen atoms in total. The van der Waals surface area contributed by atoms with Gasteiger partial charge >= 0.3 is 5.97 Å². The number of nitrogens with zero attached hydrogens (tertiary/aromatic N) is 1. The molecule has 0 spiro atoms. The standard InChI is InChI=1S/C19H17NO3/c1-2-22-17(21)13-16-18(14-9-5-3-6-10-14)20-23-19(16)15-11-7-4-8-12-15/h3-13,19H,2H2,1H3/b16-13-. The molecule has 4 heteroatoms. The van der Waals surface area contributed by atoms with E-state index in [1.807, 2.05) is 60.7 Å². The fourth-order valence-corrected chi connectivity index (χ4v) is 2.48. The maximum Gasteiger partial charge on any atom is 0.331 e. The summed E-state index contributed by atoms with van der Waals surface area (Å²) in [7, 11) is 0. The van der Waals surface area contributed by atoms with E-state index in [-0.39, 0.29) is 0 Å². The Morgan fingerprint density at radius 2 is 1.78 bits per heavy atom. The Morgan fingerprint density at radius 3 is 2.43 bits per heavy atom. The van der Waals surface area contributed by atoms with Gasteiger partial charge in [0.2, 0.25) is 0 Å². The van der Waals surface area contributed by atoms with Crippen molar-refractivity contribution in [3.63, 3.8) is 0 Å². The van der Waals surface area contributed by atoms with Crippen LogP contribution in [0.15, 0.2) is 77.5 Å². The van der Waals surface area contributed by atoms with Gasteiger partial charge in [-0.25, -0.2) is 4.79 Å². The monoisotopic (exact) mass is 307 g/mol. The van der Waals surface area contributed by atoms with Gasteiger partial charge in [0.05, 0.1) is 6.61 Å². The van der Waals surface area contributed by atoms with E-state index in [4.69, 9.17) is 9.57 Å². The molecule has 0 aliphatic carbocycles. The summed E-state index contributed by atoms with van der Waals surface area (Å²) in [6.07, 6.45) is 1.07. The molecule has 0 bridgehead atoms. The van der Waals surface area contributed by atoms with Gasteiger partial charge in [0.15, 0.2) is 6.10 Å². The molecule has 0 aromatic heterocycles. The Morgan fingerprint density at radius 1 is 1.13 bits per heavy atom. The first-order valence-electron chi connectivity index (χ1n) is 7.52. The average Bonchev–Trinajstić information content (AvgIpc) is 3.00. The van der Waals surface area contributed by atoms with E-state index in [0.29, 0.717) is 17.9 Å². The van der Waals surface area contributed by atoms with Crippen LogP contribution in [0.4, 0.5) is 0 Å². The molecule has 0 saturated carbocycles. The second-order valence-electron chi connectivity index (χ2n) is 5.05. The topological polar surface area (TPSA) is 47.9 Å². The minimum atomic E-state index is -0.407. The normalized spacial score (nSPS) is 18.4. The Bertz CT molecular complexity index is 736. The van der Waals surface area contributed by atoms with Crippen LogP contribution in [0.2, 0.25) is 0 Å². The Hall–Kier alpha value is -2.88. The van der Waals surface area contributed by atoms with Crippen molar-refractivity contribution in [1.29, 1.82) is 0 Å². The number of carbonyl (C=O) groups is 1. The Kier molecular flexibility index (Phi) is 4.52. The third-order valence-electron chi connectivity index (χ3n) is 3.51. The molecule has 0 fully saturated rings. The van der Waals surface area contributed by atoms with Gasteiger partial charge in [-0.2, -0.15) is 0 Å². The van der Waals surface area contributed by atoms with Crippen LogP contribution in [0, 0.1) is 0 Å². The highest BCUT2D eigenvalue weighted by atomic mass is 16.6. The van der Waals surface area contributed by atoms with E-state index in [2.05, 4.69) is 5.16 Å². The van der Waals surface area contributed by atoms with Crippen LogP contribution in [0.3, 0.4) is 0 Å². The molecule has 0 amide bonds. The zero-order valence-corrected chi connectivity index (χ0v) is 12.8. The lowest BCUT2D eigenvalue weighted by molar-refractivity contribution is -0.137. The molecule has 1 unspecified atom stereocenters. The summed E-state index contributed by atoms with van der Waals surface area (Å²) in [4.78, 5) is 17.6. The summed E-state index contributed by atoms with van der Waals surface area (Å²) in [5, 5.41) is 4.20. The van der Waals surface area contributed by atoms with Crippen molar-refractivity contribution in [3.05, 3.63) is 83.4 Å². The van der Waals surface area contributed by atoms with Crippen LogP contribution >= 0.6 is 0 Å². The number of ether oxygens (including phenoxy) is 1. The van der Waals surface area contributed by atoms with Gasteiger partial charge in [-0.1, -0.05) is 65.8 Å². The molecule has 23 heavy (non-hydrogen) atoms. The van der Waals surface area contributed by atoms with Crippen LogP contribution in [-0.4, -0.2) is 18.3 Å². The Balaban J connectivity index is 1.99. The molecule has 1 aliphatic heterocycles. The molecule has 1 atom stereocenters. The van der Waals surface area contributed by atoms with Gasteiger partial charge in [0.1, 0.15) is 5.71 Å². The van der Waals surface area contributed by atoms with E-state index in [1.54, 1.807) is 6.92 Å². The van der Waals surface area contributed by atoms with Gasteiger partial charge in [0.25, 0.3) is 0 Å². The lowest BCUT2D eigenvalue weighted by atomic mass is 9.94. The van der Waals surface area contributed by atoms with Crippen LogP contribution in [-0.2, 0) is 14.4 Å². The number of rotatable bonds is 4. The smallest absolute Gasteiger partial charge is 0.331 e. The molecule has 116 valence electrons. The van der Waals surface area contributed by atoms with Gasteiger partial charge in [-0.15, -0.1) is 0 Å². The number of carbonyl (C=O) groups excluding carboxylic acids is 1. The first-order chi connectivity index (χ1) is 11.3. The maximum atomic E-state index is 11.9. The molecule has 1 aliphatic rings. The average molecular weight is 307 g/mol. The van der Waals surface area contributed by atoms with E-state index < -0.39 is 12.1 Å². The number of esters is 1. The van der Waals surface area contributed by atoms with Crippen molar-refractivity contribution in [1.82, 2.24) is 0 Å². The highest BCUT2D eigenvalue weighted by molar-refractivity contribution is 6.16. The SMILES string of the molecule is CCOC(=O)/C=C1/C(c2ccccc2)=NOC1c1ccccc1. The minimum Gasteiger partial charge on any atom is -0.463 e. The molecule has 1 heterocycles. The zero-order valence-electron chi connectivity index (χ0n) is 12.8. The quantitative estimate of drug-likeness (QED) is 0.640. The second-order valence-corrected chi connectivity index (χ2v) is 5.05. The first-order valence-corrected chi connectivity index (χ1v) is 7.52. The van der Waals surface area contributed by atoms with Crippen molar-refractivity contribution in [2.24, 2.45) is 5.16 Å². The number of oxime groups is 1. The molecular formula is C19H17NO3. The van der Waals surface area contributed by atoms with Crippen molar-refractivity contribution in [2.45, 2.75) is 13.0 Å². The van der Waals surface area contributed by atoms with E-state index in [0.717, 1.165) is 11.1 Å². The van der Waals surface area contributed by atoms with Crippen LogP contribution < -0.4 is 0 Å². The van der Waals surface area contributed by atoms with Gasteiger partial charge in [0, 0.05) is 17.2 Å². The Labute approximate surface area is 135 Å². The predicted molar refractivity (Wildman–Crippen MR) is 88.0 cm³/mol. The van der Waals surface area contributed by atoms with E-state index in [1.165, 1.54) is 6.08 Å². The summed E-state index contributed by atoms with van der Waals surface area (Å²) >= 11 is 0. The molecule has 0 saturated heterocycles. The second kappa shape index (κ2) is 6.92. The summed E-state index contributed by atoms with van der Waals surface area (Å²) in [5.41, 5.74) is 3.22.